The molecule has 0 saturated carbocycles. The van der Waals surface area contributed by atoms with Gasteiger partial charge in [-0.1, -0.05) is 23.7 Å². The van der Waals surface area contributed by atoms with Crippen LogP contribution in [-0.4, -0.2) is 9.97 Å². The van der Waals surface area contributed by atoms with Gasteiger partial charge < -0.3 is 5.73 Å². The summed E-state index contributed by atoms with van der Waals surface area (Å²) >= 11 is 9.20. The molecule has 102 valence electrons. The lowest BCUT2D eigenvalue weighted by molar-refractivity contribution is 1.12. The molecule has 0 atom stereocenters. The number of nitrogen functional groups attached to an aromatic ring is 1. The number of aromatic nitrogens is 2. The Bertz CT molecular complexity index is 753. The van der Waals surface area contributed by atoms with Gasteiger partial charge in [-0.2, -0.15) is 0 Å². The highest BCUT2D eigenvalue weighted by Crippen LogP contribution is 2.33. The van der Waals surface area contributed by atoms with Crippen molar-refractivity contribution >= 4 is 50.9 Å². The summed E-state index contributed by atoms with van der Waals surface area (Å²) in [5, 5.41) is 2.77. The van der Waals surface area contributed by atoms with Gasteiger partial charge in [0.1, 0.15) is 9.86 Å². The van der Waals surface area contributed by atoms with Gasteiger partial charge in [-0.25, -0.2) is 9.97 Å². The van der Waals surface area contributed by atoms with Gasteiger partial charge in [-0.15, -0.1) is 23.1 Å². The minimum absolute atomic E-state index is 0.331. The molecule has 0 fully saturated rings. The Kier molecular flexibility index (Phi) is 3.83. The van der Waals surface area contributed by atoms with Crippen LogP contribution < -0.4 is 5.73 Å². The van der Waals surface area contributed by atoms with Crippen LogP contribution in [0.3, 0.4) is 0 Å². The second kappa shape index (κ2) is 5.60. The molecular formula is C14H12ClN3S2. The summed E-state index contributed by atoms with van der Waals surface area (Å²) in [5.41, 5.74) is 6.98. The SMILES string of the molecule is Cc1cc2c(SCc3ccc(Cl)cc3)nc(N)nc2s1. The van der Waals surface area contributed by atoms with Crippen LogP contribution in [0.4, 0.5) is 5.95 Å². The molecule has 0 aliphatic heterocycles. The molecule has 0 radical (unpaired) electrons. The fourth-order valence-electron chi connectivity index (χ4n) is 1.87. The number of thioether (sulfide) groups is 1. The molecule has 20 heavy (non-hydrogen) atoms. The number of hydrogen-bond donors (Lipinski definition) is 1. The summed E-state index contributed by atoms with van der Waals surface area (Å²) in [6.45, 7) is 2.07. The van der Waals surface area contributed by atoms with Crippen LogP contribution in [0.1, 0.15) is 10.4 Å². The second-order valence-electron chi connectivity index (χ2n) is 4.38. The molecule has 2 heterocycles. The third kappa shape index (κ3) is 2.90. The zero-order valence-corrected chi connectivity index (χ0v) is 13.1. The molecule has 0 aliphatic rings. The molecule has 1 aromatic carbocycles. The molecule has 3 rings (SSSR count). The fraction of sp³-hybridized carbons (Fsp3) is 0.143. The monoisotopic (exact) mass is 321 g/mol. The van der Waals surface area contributed by atoms with Crippen molar-refractivity contribution in [3.05, 3.63) is 45.8 Å². The van der Waals surface area contributed by atoms with E-state index >= 15 is 0 Å². The smallest absolute Gasteiger partial charge is 0.222 e. The Balaban J connectivity index is 1.88. The lowest BCUT2D eigenvalue weighted by Gasteiger charge is -2.04. The largest absolute Gasteiger partial charge is 0.368 e. The van der Waals surface area contributed by atoms with Crippen LogP contribution in [0.2, 0.25) is 5.02 Å². The van der Waals surface area contributed by atoms with E-state index in [0.717, 1.165) is 26.0 Å². The van der Waals surface area contributed by atoms with Crippen molar-refractivity contribution in [2.24, 2.45) is 0 Å². The van der Waals surface area contributed by atoms with Gasteiger partial charge in [-0.3, -0.25) is 0 Å². The number of fused-ring (bicyclic) bond motifs is 1. The first-order valence-corrected chi connectivity index (χ1v) is 8.21. The average Bonchev–Trinajstić information content (AvgIpc) is 2.78. The van der Waals surface area contributed by atoms with Gasteiger partial charge in [0, 0.05) is 21.0 Å². The first-order valence-electron chi connectivity index (χ1n) is 6.03. The van der Waals surface area contributed by atoms with Crippen LogP contribution in [0.15, 0.2) is 35.4 Å². The Labute approximate surface area is 130 Å². The van der Waals surface area contributed by atoms with Crippen LogP contribution in [0.5, 0.6) is 0 Å². The number of benzene rings is 1. The van der Waals surface area contributed by atoms with Gasteiger partial charge in [0.25, 0.3) is 0 Å². The molecule has 0 unspecified atom stereocenters. The summed E-state index contributed by atoms with van der Waals surface area (Å²) in [6, 6.07) is 9.96. The molecule has 0 saturated heterocycles. The second-order valence-corrected chi connectivity index (χ2v) is 7.01. The van der Waals surface area contributed by atoms with Gasteiger partial charge in [0.15, 0.2) is 0 Å². The molecule has 0 bridgehead atoms. The van der Waals surface area contributed by atoms with Crippen molar-refractivity contribution in [1.82, 2.24) is 9.97 Å². The van der Waals surface area contributed by atoms with E-state index in [-0.39, 0.29) is 0 Å². The zero-order chi connectivity index (χ0) is 14.1. The van der Waals surface area contributed by atoms with Crippen molar-refractivity contribution in [2.45, 2.75) is 17.7 Å². The predicted molar refractivity (Wildman–Crippen MR) is 87.6 cm³/mol. The van der Waals surface area contributed by atoms with E-state index in [4.69, 9.17) is 17.3 Å². The van der Waals surface area contributed by atoms with E-state index in [9.17, 15) is 0 Å². The minimum atomic E-state index is 0.331. The summed E-state index contributed by atoms with van der Waals surface area (Å²) in [6.07, 6.45) is 0. The molecule has 0 amide bonds. The third-order valence-electron chi connectivity index (χ3n) is 2.79. The maximum Gasteiger partial charge on any atom is 0.222 e. The molecule has 2 N–H and O–H groups in total. The summed E-state index contributed by atoms with van der Waals surface area (Å²) < 4.78 is 0. The van der Waals surface area contributed by atoms with Crippen molar-refractivity contribution in [2.75, 3.05) is 5.73 Å². The normalized spacial score (nSPS) is 11.1. The van der Waals surface area contributed by atoms with Gasteiger partial charge in [0.05, 0.1) is 0 Å². The average molecular weight is 322 g/mol. The molecule has 0 aliphatic carbocycles. The fourth-order valence-corrected chi connectivity index (χ4v) is 3.92. The van der Waals surface area contributed by atoms with Crippen LogP contribution in [0, 0.1) is 6.92 Å². The Hall–Kier alpha value is -1.30. The highest BCUT2D eigenvalue weighted by atomic mass is 35.5. The first kappa shape index (κ1) is 13.7. The predicted octanol–water partition coefficient (Wildman–Crippen LogP) is 4.53. The van der Waals surface area contributed by atoms with Crippen LogP contribution in [-0.2, 0) is 5.75 Å². The number of rotatable bonds is 3. The highest BCUT2D eigenvalue weighted by molar-refractivity contribution is 7.98. The van der Waals surface area contributed by atoms with E-state index in [1.54, 1.807) is 23.1 Å². The van der Waals surface area contributed by atoms with E-state index in [0.29, 0.717) is 5.95 Å². The van der Waals surface area contributed by atoms with Crippen molar-refractivity contribution in [3.8, 4) is 0 Å². The number of nitrogens with zero attached hydrogens (tertiary/aromatic N) is 2. The number of halogens is 1. The summed E-state index contributed by atoms with van der Waals surface area (Å²) in [5.74, 6) is 1.16. The Morgan fingerprint density at radius 2 is 2.00 bits per heavy atom. The molecule has 6 heteroatoms. The number of thiophene rings is 1. The maximum absolute atomic E-state index is 5.89. The topological polar surface area (TPSA) is 51.8 Å². The summed E-state index contributed by atoms with van der Waals surface area (Å²) in [7, 11) is 0. The first-order chi connectivity index (χ1) is 9.61. The Morgan fingerprint density at radius 3 is 2.75 bits per heavy atom. The van der Waals surface area contributed by atoms with E-state index in [1.807, 2.05) is 24.3 Å². The van der Waals surface area contributed by atoms with E-state index < -0.39 is 0 Å². The maximum atomic E-state index is 5.89. The third-order valence-corrected chi connectivity index (χ3v) is 5.05. The highest BCUT2D eigenvalue weighted by Gasteiger charge is 2.10. The van der Waals surface area contributed by atoms with Crippen molar-refractivity contribution in [1.29, 1.82) is 0 Å². The van der Waals surface area contributed by atoms with Crippen molar-refractivity contribution < 1.29 is 0 Å². The Morgan fingerprint density at radius 1 is 1.25 bits per heavy atom. The summed E-state index contributed by atoms with van der Waals surface area (Å²) in [4.78, 5) is 10.8. The van der Waals surface area contributed by atoms with Crippen LogP contribution in [0.25, 0.3) is 10.2 Å². The van der Waals surface area contributed by atoms with Crippen molar-refractivity contribution in [3.63, 3.8) is 0 Å². The number of hydrogen-bond acceptors (Lipinski definition) is 5. The molecular weight excluding hydrogens is 310 g/mol. The number of anilines is 1. The van der Waals surface area contributed by atoms with E-state index in [2.05, 4.69) is 23.0 Å². The molecule has 3 nitrogen and oxygen atoms in total. The lowest BCUT2D eigenvalue weighted by Crippen LogP contribution is -1.95. The molecule has 2 aromatic heterocycles. The molecule has 0 spiro atoms. The number of aryl methyl sites for hydroxylation is 1. The standard InChI is InChI=1S/C14H12ClN3S2/c1-8-6-11-12(17-14(16)18-13(11)20-8)19-7-9-2-4-10(15)5-3-9/h2-6H,7H2,1H3,(H2,16,17,18). The van der Waals surface area contributed by atoms with Crippen LogP contribution >= 0.6 is 34.7 Å². The van der Waals surface area contributed by atoms with E-state index in [1.165, 1.54) is 10.4 Å². The zero-order valence-electron chi connectivity index (χ0n) is 10.8. The van der Waals surface area contributed by atoms with Gasteiger partial charge in [0.2, 0.25) is 5.95 Å². The minimum Gasteiger partial charge on any atom is -0.368 e. The quantitative estimate of drug-likeness (QED) is 0.569. The van der Waals surface area contributed by atoms with Gasteiger partial charge >= 0.3 is 0 Å². The number of nitrogens with two attached hydrogens (primary N) is 1. The van der Waals surface area contributed by atoms with Gasteiger partial charge in [-0.05, 0) is 30.7 Å². The molecule has 3 aromatic rings. The lowest BCUT2D eigenvalue weighted by atomic mass is 10.2.